The molecule has 2 amide bonds. The molecule has 164 valence electrons. The molecule has 7 nitrogen and oxygen atoms in total. The molecule has 2 aromatic rings. The van der Waals surface area contributed by atoms with E-state index < -0.39 is 0 Å². The van der Waals surface area contributed by atoms with Crippen molar-refractivity contribution in [1.29, 1.82) is 0 Å². The lowest BCUT2D eigenvalue weighted by Crippen LogP contribution is -2.30. The molecule has 1 saturated heterocycles. The Kier molecular flexibility index (Phi) is 6.92. The molecule has 2 aliphatic heterocycles. The first-order chi connectivity index (χ1) is 15.1. The van der Waals surface area contributed by atoms with Gasteiger partial charge in [-0.1, -0.05) is 0 Å². The topological polar surface area (TPSA) is 87.2 Å². The summed E-state index contributed by atoms with van der Waals surface area (Å²) in [7, 11) is 2.19. The van der Waals surface area contributed by atoms with Crippen LogP contribution >= 0.6 is 0 Å². The summed E-state index contributed by atoms with van der Waals surface area (Å²) >= 11 is 0. The van der Waals surface area contributed by atoms with Crippen molar-refractivity contribution in [3.8, 4) is 0 Å². The van der Waals surface area contributed by atoms with E-state index in [0.717, 1.165) is 54.4 Å². The number of likely N-dealkylation sites (tertiary alicyclic amines) is 1. The molecule has 31 heavy (non-hydrogen) atoms. The quantitative estimate of drug-likeness (QED) is 0.640. The highest BCUT2D eigenvalue weighted by Crippen LogP contribution is 2.24. The van der Waals surface area contributed by atoms with E-state index in [1.807, 2.05) is 12.3 Å². The molecule has 4 rings (SSSR count). The molecule has 0 radical (unpaired) electrons. The molecule has 2 N–H and O–H groups in total. The maximum absolute atomic E-state index is 12.4. The number of nitrogens with one attached hydrogen (secondary N) is 2. The number of amides is 2. The molecular weight excluding hydrogens is 390 g/mol. The number of benzene rings is 1. The molecule has 1 fully saturated rings. The van der Waals surface area contributed by atoms with Crippen LogP contribution in [0.2, 0.25) is 0 Å². The second-order valence-corrected chi connectivity index (χ2v) is 8.71. The summed E-state index contributed by atoms with van der Waals surface area (Å²) in [5, 5.41) is 5.75. The molecule has 0 aliphatic carbocycles. The maximum atomic E-state index is 12.4. The van der Waals surface area contributed by atoms with Gasteiger partial charge in [0.15, 0.2) is 0 Å². The zero-order valence-electron chi connectivity index (χ0n) is 18.2. The number of anilines is 1. The SMILES string of the molecule is CN1CCC(CCc2nccc(CCCNC(=O)c3ccc4c(c3)CC(=O)N4)n2)CC1. The van der Waals surface area contributed by atoms with Crippen LogP contribution in [-0.4, -0.2) is 53.4 Å². The van der Waals surface area contributed by atoms with Gasteiger partial charge in [-0.15, -0.1) is 0 Å². The van der Waals surface area contributed by atoms with Crippen molar-refractivity contribution < 1.29 is 9.59 Å². The molecule has 0 saturated carbocycles. The Hall–Kier alpha value is -2.80. The van der Waals surface area contributed by atoms with Gasteiger partial charge in [0.05, 0.1) is 6.42 Å². The summed E-state index contributed by atoms with van der Waals surface area (Å²) in [6.07, 6.45) is 8.47. The average molecular weight is 422 g/mol. The van der Waals surface area contributed by atoms with Gasteiger partial charge in [-0.05, 0) is 88.0 Å². The number of aryl methyl sites for hydroxylation is 2. The first-order valence-electron chi connectivity index (χ1n) is 11.3. The Labute approximate surface area is 183 Å². The number of fused-ring (bicyclic) bond motifs is 1. The number of aromatic nitrogens is 2. The van der Waals surface area contributed by atoms with Crippen LogP contribution in [0.1, 0.15) is 53.1 Å². The highest BCUT2D eigenvalue weighted by Gasteiger charge is 2.19. The van der Waals surface area contributed by atoms with Gasteiger partial charge in [-0.3, -0.25) is 9.59 Å². The van der Waals surface area contributed by atoms with Crippen LogP contribution in [0.5, 0.6) is 0 Å². The zero-order valence-corrected chi connectivity index (χ0v) is 18.2. The average Bonchev–Trinajstić information content (AvgIpc) is 3.15. The van der Waals surface area contributed by atoms with E-state index >= 15 is 0 Å². The summed E-state index contributed by atoms with van der Waals surface area (Å²) in [6, 6.07) is 7.30. The summed E-state index contributed by atoms with van der Waals surface area (Å²) in [4.78, 5) is 35.4. The normalized spacial score (nSPS) is 16.7. The second kappa shape index (κ2) is 10.0. The van der Waals surface area contributed by atoms with Gasteiger partial charge in [0, 0.05) is 36.1 Å². The Morgan fingerprint density at radius 1 is 1.23 bits per heavy atom. The highest BCUT2D eigenvalue weighted by atomic mass is 16.2. The lowest BCUT2D eigenvalue weighted by atomic mass is 9.92. The van der Waals surface area contributed by atoms with E-state index in [9.17, 15) is 9.59 Å². The smallest absolute Gasteiger partial charge is 0.251 e. The van der Waals surface area contributed by atoms with Crippen molar-refractivity contribution in [3.05, 3.63) is 53.1 Å². The van der Waals surface area contributed by atoms with Gasteiger partial charge in [0.1, 0.15) is 5.82 Å². The molecule has 2 aliphatic rings. The van der Waals surface area contributed by atoms with Crippen LogP contribution in [0.15, 0.2) is 30.5 Å². The molecule has 0 bridgehead atoms. The Bertz CT molecular complexity index is 937. The highest BCUT2D eigenvalue weighted by molar-refractivity contribution is 6.01. The third kappa shape index (κ3) is 5.88. The van der Waals surface area contributed by atoms with Gasteiger partial charge < -0.3 is 15.5 Å². The van der Waals surface area contributed by atoms with Gasteiger partial charge >= 0.3 is 0 Å². The number of piperidine rings is 1. The predicted molar refractivity (Wildman–Crippen MR) is 120 cm³/mol. The first kappa shape index (κ1) is 21.4. The fourth-order valence-electron chi connectivity index (χ4n) is 4.33. The molecule has 0 unspecified atom stereocenters. The molecule has 0 atom stereocenters. The van der Waals surface area contributed by atoms with Crippen molar-refractivity contribution in [2.24, 2.45) is 5.92 Å². The van der Waals surface area contributed by atoms with Crippen LogP contribution in [0.3, 0.4) is 0 Å². The van der Waals surface area contributed by atoms with E-state index in [0.29, 0.717) is 18.5 Å². The van der Waals surface area contributed by atoms with Gasteiger partial charge in [0.25, 0.3) is 5.91 Å². The molecule has 1 aromatic carbocycles. The van der Waals surface area contributed by atoms with Crippen LogP contribution in [0.25, 0.3) is 0 Å². The van der Waals surface area contributed by atoms with Crippen molar-refractivity contribution in [3.63, 3.8) is 0 Å². The maximum Gasteiger partial charge on any atom is 0.251 e. The lowest BCUT2D eigenvalue weighted by Gasteiger charge is -2.28. The van der Waals surface area contributed by atoms with E-state index in [4.69, 9.17) is 4.98 Å². The van der Waals surface area contributed by atoms with Crippen LogP contribution in [0, 0.1) is 5.92 Å². The lowest BCUT2D eigenvalue weighted by molar-refractivity contribution is -0.115. The number of nitrogens with zero attached hydrogens (tertiary/aromatic N) is 3. The zero-order chi connectivity index (χ0) is 21.6. The van der Waals surface area contributed by atoms with E-state index in [1.165, 1.54) is 25.9 Å². The number of hydrogen-bond donors (Lipinski definition) is 2. The summed E-state index contributed by atoms with van der Waals surface area (Å²) in [6.45, 7) is 2.97. The monoisotopic (exact) mass is 421 g/mol. The Morgan fingerprint density at radius 3 is 2.90 bits per heavy atom. The third-order valence-electron chi connectivity index (χ3n) is 6.27. The fraction of sp³-hybridized carbons (Fsp3) is 0.500. The summed E-state index contributed by atoms with van der Waals surface area (Å²) in [5.41, 5.74) is 3.31. The van der Waals surface area contributed by atoms with Crippen molar-refractivity contribution in [1.82, 2.24) is 20.2 Å². The molecule has 0 spiro atoms. The van der Waals surface area contributed by atoms with Crippen LogP contribution in [0.4, 0.5) is 5.69 Å². The van der Waals surface area contributed by atoms with E-state index in [-0.39, 0.29) is 11.8 Å². The van der Waals surface area contributed by atoms with Crippen LogP contribution < -0.4 is 10.6 Å². The first-order valence-corrected chi connectivity index (χ1v) is 11.3. The second-order valence-electron chi connectivity index (χ2n) is 8.71. The Balaban J connectivity index is 1.19. The van der Waals surface area contributed by atoms with Crippen molar-refractivity contribution in [2.45, 2.75) is 44.9 Å². The number of rotatable bonds is 8. The van der Waals surface area contributed by atoms with E-state index in [1.54, 1.807) is 18.2 Å². The van der Waals surface area contributed by atoms with Crippen molar-refractivity contribution in [2.75, 3.05) is 32.0 Å². The summed E-state index contributed by atoms with van der Waals surface area (Å²) in [5.74, 6) is 1.58. The van der Waals surface area contributed by atoms with Crippen molar-refractivity contribution >= 4 is 17.5 Å². The fourth-order valence-corrected chi connectivity index (χ4v) is 4.33. The predicted octanol–water partition coefficient (Wildman–Crippen LogP) is 2.61. The number of carbonyl (C=O) groups excluding carboxylic acids is 2. The minimum absolute atomic E-state index is 0.0249. The largest absolute Gasteiger partial charge is 0.352 e. The molecule has 7 heteroatoms. The molecule has 3 heterocycles. The van der Waals surface area contributed by atoms with Gasteiger partial charge in [-0.2, -0.15) is 0 Å². The third-order valence-corrected chi connectivity index (χ3v) is 6.27. The Morgan fingerprint density at radius 2 is 2.06 bits per heavy atom. The molecular formula is C24H31N5O2. The van der Waals surface area contributed by atoms with E-state index in [2.05, 4.69) is 27.6 Å². The van der Waals surface area contributed by atoms with Gasteiger partial charge in [-0.25, -0.2) is 9.97 Å². The standard InChI is InChI=1S/C24H31N5O2/c1-29-13-9-17(10-14-29)4-7-22-25-12-8-20(27-22)3-2-11-26-24(31)18-5-6-21-19(15-18)16-23(30)28-21/h5-6,8,12,15,17H,2-4,7,9-11,13-14,16H2,1H3,(H,26,31)(H,28,30). The van der Waals surface area contributed by atoms with Gasteiger partial charge in [0.2, 0.25) is 5.91 Å². The number of hydrogen-bond acceptors (Lipinski definition) is 5. The minimum Gasteiger partial charge on any atom is -0.352 e. The summed E-state index contributed by atoms with van der Waals surface area (Å²) < 4.78 is 0. The minimum atomic E-state index is -0.108. The number of carbonyl (C=O) groups is 2. The molecule has 1 aromatic heterocycles. The van der Waals surface area contributed by atoms with Crippen LogP contribution in [-0.2, 0) is 24.1 Å².